The van der Waals surface area contributed by atoms with Crippen LogP contribution in [0.25, 0.3) is 0 Å². The van der Waals surface area contributed by atoms with Crippen LogP contribution < -0.4 is 9.60 Å². The van der Waals surface area contributed by atoms with Gasteiger partial charge in [-0.05, 0) is 25.8 Å². The van der Waals surface area contributed by atoms with Crippen molar-refractivity contribution < 1.29 is 8.42 Å². The average Bonchev–Trinajstić information content (AvgIpc) is 2.77. The van der Waals surface area contributed by atoms with E-state index in [0.717, 1.165) is 11.1 Å². The lowest BCUT2D eigenvalue weighted by molar-refractivity contribution is 0.551. The summed E-state index contributed by atoms with van der Waals surface area (Å²) >= 11 is 0.710. The lowest BCUT2D eigenvalue weighted by atomic mass is 10.0. The molecule has 0 saturated heterocycles. The minimum absolute atomic E-state index is 0.0538. The molecular weight excluding hydrogens is 308 g/mol. The molecule has 1 unspecified atom stereocenters. The fraction of sp³-hybridized carbons (Fsp3) is 0.357. The number of benzene rings is 1. The van der Waals surface area contributed by atoms with Crippen molar-refractivity contribution in [2.24, 2.45) is 0 Å². The Kier molecular flexibility index (Phi) is 4.65. The van der Waals surface area contributed by atoms with E-state index in [1.54, 1.807) is 6.92 Å². The number of hydrogen-bond acceptors (Lipinski definition) is 4. The fourth-order valence-electron chi connectivity index (χ4n) is 2.07. The van der Waals surface area contributed by atoms with Gasteiger partial charge >= 0.3 is 4.87 Å². The van der Waals surface area contributed by atoms with Crippen LogP contribution >= 0.6 is 11.3 Å². The van der Waals surface area contributed by atoms with Crippen molar-refractivity contribution in [1.82, 2.24) is 9.71 Å². The highest BCUT2D eigenvalue weighted by molar-refractivity contribution is 7.91. The maximum atomic E-state index is 12.4. The number of aromatic nitrogens is 1. The third kappa shape index (κ3) is 3.61. The summed E-state index contributed by atoms with van der Waals surface area (Å²) in [6.45, 7) is 5.48. The molecule has 114 valence electrons. The first-order valence-corrected chi connectivity index (χ1v) is 8.92. The lowest BCUT2D eigenvalue weighted by Gasteiger charge is -2.17. The Hall–Kier alpha value is -1.44. The van der Waals surface area contributed by atoms with Crippen LogP contribution in [-0.4, -0.2) is 13.4 Å². The van der Waals surface area contributed by atoms with Gasteiger partial charge in [0.15, 0.2) is 4.21 Å². The lowest BCUT2D eigenvalue weighted by Crippen LogP contribution is -2.28. The van der Waals surface area contributed by atoms with E-state index in [1.807, 2.05) is 38.1 Å². The summed E-state index contributed by atoms with van der Waals surface area (Å²) < 4.78 is 27.6. The molecule has 0 radical (unpaired) electrons. The molecule has 0 aliphatic rings. The molecule has 1 aromatic heterocycles. The summed E-state index contributed by atoms with van der Waals surface area (Å²) in [7, 11) is -3.70. The highest BCUT2D eigenvalue weighted by Crippen LogP contribution is 2.22. The molecule has 0 spiro atoms. The highest BCUT2D eigenvalue weighted by atomic mass is 32.2. The molecule has 2 aromatic rings. The predicted octanol–water partition coefficient (Wildman–Crippen LogP) is 2.48. The number of aryl methyl sites for hydroxylation is 2. The summed E-state index contributed by atoms with van der Waals surface area (Å²) in [4.78, 5) is 13.4. The van der Waals surface area contributed by atoms with Crippen LogP contribution in [0.15, 0.2) is 33.3 Å². The Balaban J connectivity index is 2.31. The predicted molar refractivity (Wildman–Crippen MR) is 84.2 cm³/mol. The molecule has 0 fully saturated rings. The first-order valence-electron chi connectivity index (χ1n) is 6.62. The third-order valence-corrected chi connectivity index (χ3v) is 6.29. The number of hydrogen-bond donors (Lipinski definition) is 2. The van der Waals surface area contributed by atoms with Gasteiger partial charge in [-0.3, -0.25) is 4.79 Å². The molecule has 0 aliphatic carbocycles. The Morgan fingerprint density at radius 2 is 1.86 bits per heavy atom. The zero-order valence-electron chi connectivity index (χ0n) is 12.1. The topological polar surface area (TPSA) is 79.0 Å². The Bertz CT molecular complexity index is 773. The first-order chi connectivity index (χ1) is 9.83. The molecule has 0 amide bonds. The largest absolute Gasteiger partial charge is 0.315 e. The fourth-order valence-corrected chi connectivity index (χ4v) is 4.70. The Morgan fingerprint density at radius 3 is 2.33 bits per heavy atom. The normalized spacial score (nSPS) is 13.3. The van der Waals surface area contributed by atoms with Crippen LogP contribution in [0.4, 0.5) is 0 Å². The molecule has 2 N–H and O–H groups in total. The molecule has 0 aliphatic heterocycles. The molecule has 1 atom stereocenters. The van der Waals surface area contributed by atoms with E-state index in [-0.39, 0.29) is 15.1 Å². The Morgan fingerprint density at radius 1 is 1.24 bits per heavy atom. The van der Waals surface area contributed by atoms with Gasteiger partial charge in [0, 0.05) is 11.7 Å². The molecule has 1 aromatic carbocycles. The summed E-state index contributed by atoms with van der Waals surface area (Å²) in [5, 5.41) is 0. The van der Waals surface area contributed by atoms with E-state index in [2.05, 4.69) is 9.71 Å². The van der Waals surface area contributed by atoms with Crippen LogP contribution in [0, 0.1) is 13.8 Å². The van der Waals surface area contributed by atoms with Gasteiger partial charge in [0.05, 0.1) is 0 Å². The molecule has 0 bridgehead atoms. The van der Waals surface area contributed by atoms with Gasteiger partial charge in [0.2, 0.25) is 0 Å². The van der Waals surface area contributed by atoms with E-state index in [9.17, 15) is 13.2 Å². The van der Waals surface area contributed by atoms with E-state index >= 15 is 0 Å². The molecule has 2 rings (SSSR count). The maximum absolute atomic E-state index is 12.4. The molecule has 5 nitrogen and oxygen atoms in total. The van der Waals surface area contributed by atoms with Gasteiger partial charge in [0.1, 0.15) is 0 Å². The minimum atomic E-state index is -3.70. The molecule has 0 saturated carbocycles. The van der Waals surface area contributed by atoms with Crippen molar-refractivity contribution in [3.8, 4) is 0 Å². The average molecular weight is 326 g/mol. The second-order valence-corrected chi connectivity index (χ2v) is 7.81. The molecular formula is C14H18N2O3S2. The summed E-state index contributed by atoms with van der Waals surface area (Å²) in [6.07, 6.45) is 0.626. The molecule has 21 heavy (non-hydrogen) atoms. The van der Waals surface area contributed by atoms with Crippen LogP contribution in [0.3, 0.4) is 0 Å². The van der Waals surface area contributed by atoms with Gasteiger partial charge < -0.3 is 4.98 Å². The standard InChI is InChI=1S/C14H18N2O3S2/c1-4-12(11-7-5-9(2)6-8-11)16-21(18,19)13-10(3)15-14(17)20-13/h5-8,12,16H,4H2,1-3H3,(H,15,17). The number of aromatic amines is 1. The van der Waals surface area contributed by atoms with Gasteiger partial charge in [-0.1, -0.05) is 48.1 Å². The van der Waals surface area contributed by atoms with Gasteiger partial charge in [-0.2, -0.15) is 0 Å². The van der Waals surface area contributed by atoms with E-state index in [0.29, 0.717) is 23.5 Å². The monoisotopic (exact) mass is 326 g/mol. The number of H-pyrrole nitrogens is 1. The van der Waals surface area contributed by atoms with Crippen molar-refractivity contribution in [3.05, 3.63) is 50.8 Å². The zero-order valence-corrected chi connectivity index (χ0v) is 13.8. The quantitative estimate of drug-likeness (QED) is 0.886. The second kappa shape index (κ2) is 6.13. The van der Waals surface area contributed by atoms with Crippen molar-refractivity contribution in [2.75, 3.05) is 0 Å². The first kappa shape index (κ1) is 15.9. The third-order valence-electron chi connectivity index (χ3n) is 3.21. The van der Waals surface area contributed by atoms with Crippen molar-refractivity contribution in [3.63, 3.8) is 0 Å². The van der Waals surface area contributed by atoms with Crippen LogP contribution in [-0.2, 0) is 10.0 Å². The van der Waals surface area contributed by atoms with E-state index in [1.165, 1.54) is 0 Å². The van der Waals surface area contributed by atoms with Crippen molar-refractivity contribution in [2.45, 2.75) is 37.4 Å². The minimum Gasteiger partial charge on any atom is -0.315 e. The SMILES string of the molecule is CCC(NS(=O)(=O)c1sc(=O)[nH]c1C)c1ccc(C)cc1. The van der Waals surface area contributed by atoms with Crippen molar-refractivity contribution in [1.29, 1.82) is 0 Å². The maximum Gasteiger partial charge on any atom is 0.305 e. The van der Waals surface area contributed by atoms with Crippen LogP contribution in [0.5, 0.6) is 0 Å². The van der Waals surface area contributed by atoms with Crippen molar-refractivity contribution >= 4 is 21.4 Å². The number of sulfonamides is 1. The van der Waals surface area contributed by atoms with Crippen LogP contribution in [0.1, 0.15) is 36.2 Å². The van der Waals surface area contributed by atoms with Gasteiger partial charge in [0.25, 0.3) is 10.0 Å². The van der Waals surface area contributed by atoms with Gasteiger partial charge in [-0.15, -0.1) is 0 Å². The Labute approximate surface area is 128 Å². The summed E-state index contributed by atoms with van der Waals surface area (Å²) in [5.74, 6) is 0. The van der Waals surface area contributed by atoms with Crippen LogP contribution in [0.2, 0.25) is 0 Å². The van der Waals surface area contributed by atoms with E-state index in [4.69, 9.17) is 0 Å². The highest BCUT2D eigenvalue weighted by Gasteiger charge is 2.24. The number of thiazole rings is 1. The van der Waals surface area contributed by atoms with Gasteiger partial charge in [-0.25, -0.2) is 13.1 Å². The zero-order chi connectivity index (χ0) is 15.6. The van der Waals surface area contributed by atoms with E-state index < -0.39 is 10.0 Å². The smallest absolute Gasteiger partial charge is 0.305 e. The summed E-state index contributed by atoms with van der Waals surface area (Å²) in [5.41, 5.74) is 2.40. The molecule has 1 heterocycles. The number of rotatable bonds is 5. The summed E-state index contributed by atoms with van der Waals surface area (Å²) in [6, 6.07) is 7.42. The second-order valence-electron chi connectivity index (χ2n) is 4.92. The number of nitrogens with one attached hydrogen (secondary N) is 2. The molecule has 7 heteroatoms.